The van der Waals surface area contributed by atoms with E-state index >= 15 is 0 Å². The molecule has 23 heavy (non-hydrogen) atoms. The van der Waals surface area contributed by atoms with Gasteiger partial charge in [-0.25, -0.2) is 0 Å². The Hall–Kier alpha value is -3.35. The summed E-state index contributed by atoms with van der Waals surface area (Å²) in [6, 6.07) is 13.5. The molecule has 1 aromatic carbocycles. The van der Waals surface area contributed by atoms with Gasteiger partial charge in [-0.2, -0.15) is 0 Å². The van der Waals surface area contributed by atoms with Gasteiger partial charge >= 0.3 is 0 Å². The van der Waals surface area contributed by atoms with Crippen LogP contribution >= 0.6 is 0 Å². The maximum atomic E-state index is 12.2. The Morgan fingerprint density at radius 2 is 1.74 bits per heavy atom. The third-order valence-corrected chi connectivity index (χ3v) is 3.28. The summed E-state index contributed by atoms with van der Waals surface area (Å²) in [6.45, 7) is 0.158. The van der Waals surface area contributed by atoms with Crippen molar-refractivity contribution in [1.29, 1.82) is 0 Å². The summed E-state index contributed by atoms with van der Waals surface area (Å²) in [5.41, 5.74) is 1.57. The largest absolute Gasteiger partial charge is 0.346 e. The first kappa shape index (κ1) is 14.6. The van der Waals surface area contributed by atoms with Crippen molar-refractivity contribution in [3.63, 3.8) is 0 Å². The summed E-state index contributed by atoms with van der Waals surface area (Å²) in [5.74, 6) is -0.393. The second kappa shape index (κ2) is 6.18. The quantitative estimate of drug-likeness (QED) is 0.576. The molecule has 7 heteroatoms. The minimum atomic E-state index is -0.393. The molecule has 2 aromatic heterocycles. The van der Waals surface area contributed by atoms with Crippen LogP contribution in [0, 0.1) is 0 Å². The number of H-pyrrole nitrogens is 3. The summed E-state index contributed by atoms with van der Waals surface area (Å²) in [6.07, 6.45) is 0. The summed E-state index contributed by atoms with van der Waals surface area (Å²) in [5, 5.41) is 7.68. The van der Waals surface area contributed by atoms with Gasteiger partial charge < -0.3 is 15.4 Å². The molecule has 0 fully saturated rings. The highest BCUT2D eigenvalue weighted by molar-refractivity contribution is 5.95. The fourth-order valence-electron chi connectivity index (χ4n) is 2.19. The highest BCUT2D eigenvalue weighted by atomic mass is 16.2. The van der Waals surface area contributed by atoms with Crippen LogP contribution < -0.4 is 16.4 Å². The first-order chi connectivity index (χ1) is 11.1. The van der Waals surface area contributed by atoms with Gasteiger partial charge in [0.2, 0.25) is 5.56 Å². The van der Waals surface area contributed by atoms with Gasteiger partial charge in [0.1, 0.15) is 0 Å². The molecule has 0 atom stereocenters. The molecular formula is C16H14N4O3. The van der Waals surface area contributed by atoms with Gasteiger partial charge in [-0.05, 0) is 11.6 Å². The number of rotatable bonds is 4. The molecule has 0 saturated heterocycles. The summed E-state index contributed by atoms with van der Waals surface area (Å²) in [4.78, 5) is 37.7. The van der Waals surface area contributed by atoms with E-state index in [4.69, 9.17) is 0 Å². The second-order valence-corrected chi connectivity index (χ2v) is 4.98. The van der Waals surface area contributed by atoms with E-state index in [0.29, 0.717) is 11.4 Å². The van der Waals surface area contributed by atoms with Gasteiger partial charge in [0.25, 0.3) is 11.5 Å². The van der Waals surface area contributed by atoms with E-state index in [9.17, 15) is 14.4 Å². The average molecular weight is 310 g/mol. The number of nitrogens with one attached hydrogen (secondary N) is 4. The fraction of sp³-hybridized carbons (Fsp3) is 0.0625. The highest BCUT2D eigenvalue weighted by Gasteiger charge is 2.09. The Morgan fingerprint density at radius 3 is 2.43 bits per heavy atom. The molecule has 0 bridgehead atoms. The van der Waals surface area contributed by atoms with E-state index in [-0.39, 0.29) is 23.2 Å². The molecule has 0 unspecified atom stereocenters. The number of hydrogen-bond donors (Lipinski definition) is 4. The average Bonchev–Trinajstić information content (AvgIpc) is 2.98. The lowest BCUT2D eigenvalue weighted by atomic mass is 10.1. The number of aromatic amines is 3. The third-order valence-electron chi connectivity index (χ3n) is 3.28. The SMILES string of the molecule is O=C(NCc1cc(=O)[nH][nH]1)c1cc(-c2ccccc2)[nH]c(=O)c1. The maximum absolute atomic E-state index is 12.2. The summed E-state index contributed by atoms with van der Waals surface area (Å²) >= 11 is 0. The highest BCUT2D eigenvalue weighted by Crippen LogP contribution is 2.15. The van der Waals surface area contributed by atoms with Crippen LogP contribution in [0.4, 0.5) is 0 Å². The zero-order chi connectivity index (χ0) is 16.2. The van der Waals surface area contributed by atoms with Crippen LogP contribution in [0.1, 0.15) is 16.1 Å². The molecule has 3 rings (SSSR count). The fourth-order valence-corrected chi connectivity index (χ4v) is 2.19. The Balaban J connectivity index is 1.82. The molecule has 0 radical (unpaired) electrons. The van der Waals surface area contributed by atoms with Crippen LogP contribution in [0.5, 0.6) is 0 Å². The van der Waals surface area contributed by atoms with E-state index in [1.165, 1.54) is 12.1 Å². The first-order valence-corrected chi connectivity index (χ1v) is 6.96. The molecule has 2 heterocycles. The van der Waals surface area contributed by atoms with E-state index in [1.807, 2.05) is 30.3 Å². The standard InChI is InChI=1S/C16H14N4O3/c21-14-7-11(6-13(18-14)10-4-2-1-3-5-10)16(23)17-9-12-8-15(22)20-19-12/h1-8H,9H2,(H,17,23)(H,18,21)(H2,19,20,22). The summed E-state index contributed by atoms with van der Waals surface area (Å²) in [7, 11) is 0. The number of carbonyl (C=O) groups is 1. The van der Waals surface area contributed by atoms with Crippen molar-refractivity contribution in [3.8, 4) is 11.3 Å². The van der Waals surface area contributed by atoms with E-state index in [0.717, 1.165) is 5.56 Å². The number of benzene rings is 1. The molecule has 1 amide bonds. The van der Waals surface area contributed by atoms with E-state index in [2.05, 4.69) is 20.5 Å². The zero-order valence-electron chi connectivity index (χ0n) is 12.1. The molecule has 116 valence electrons. The molecule has 0 aliphatic rings. The number of pyridine rings is 1. The van der Waals surface area contributed by atoms with Crippen LogP contribution in [-0.4, -0.2) is 21.1 Å². The van der Waals surface area contributed by atoms with Crippen molar-refractivity contribution in [3.05, 3.63) is 80.5 Å². The number of carbonyl (C=O) groups excluding carboxylic acids is 1. The van der Waals surface area contributed by atoms with Gasteiger partial charge in [-0.15, -0.1) is 0 Å². The molecule has 0 spiro atoms. The molecular weight excluding hydrogens is 296 g/mol. The molecule has 7 nitrogen and oxygen atoms in total. The van der Waals surface area contributed by atoms with Crippen molar-refractivity contribution in [2.24, 2.45) is 0 Å². The van der Waals surface area contributed by atoms with Crippen molar-refractivity contribution in [2.75, 3.05) is 0 Å². The molecule has 0 aliphatic heterocycles. The number of hydrogen-bond acceptors (Lipinski definition) is 3. The zero-order valence-corrected chi connectivity index (χ0v) is 12.1. The van der Waals surface area contributed by atoms with E-state index in [1.54, 1.807) is 6.07 Å². The van der Waals surface area contributed by atoms with Crippen LogP contribution in [0.2, 0.25) is 0 Å². The van der Waals surface area contributed by atoms with Crippen molar-refractivity contribution in [1.82, 2.24) is 20.5 Å². The van der Waals surface area contributed by atoms with Gasteiger partial charge in [0.15, 0.2) is 0 Å². The van der Waals surface area contributed by atoms with Crippen molar-refractivity contribution >= 4 is 5.91 Å². The number of aromatic nitrogens is 3. The monoisotopic (exact) mass is 310 g/mol. The normalized spacial score (nSPS) is 10.4. The molecule has 4 N–H and O–H groups in total. The smallest absolute Gasteiger partial charge is 0.264 e. The van der Waals surface area contributed by atoms with Crippen molar-refractivity contribution in [2.45, 2.75) is 6.54 Å². The maximum Gasteiger partial charge on any atom is 0.264 e. The minimum absolute atomic E-state index is 0.158. The van der Waals surface area contributed by atoms with Crippen LogP contribution in [-0.2, 0) is 6.54 Å². The van der Waals surface area contributed by atoms with Crippen LogP contribution in [0.3, 0.4) is 0 Å². The Morgan fingerprint density at radius 1 is 0.957 bits per heavy atom. The topological polar surface area (TPSA) is 111 Å². The molecule has 0 saturated carbocycles. The second-order valence-electron chi connectivity index (χ2n) is 4.98. The van der Waals surface area contributed by atoms with Gasteiger partial charge in [0, 0.05) is 23.4 Å². The lowest BCUT2D eigenvalue weighted by molar-refractivity contribution is 0.0950. The van der Waals surface area contributed by atoms with Crippen LogP contribution in [0.25, 0.3) is 11.3 Å². The third kappa shape index (κ3) is 3.46. The predicted molar refractivity (Wildman–Crippen MR) is 85.1 cm³/mol. The summed E-state index contributed by atoms with van der Waals surface area (Å²) < 4.78 is 0. The Labute approximate surface area is 130 Å². The predicted octanol–water partition coefficient (Wildman–Crippen LogP) is 0.988. The molecule has 0 aliphatic carbocycles. The van der Waals surface area contributed by atoms with Gasteiger partial charge in [0.05, 0.1) is 12.2 Å². The van der Waals surface area contributed by atoms with E-state index < -0.39 is 5.91 Å². The lowest BCUT2D eigenvalue weighted by Crippen LogP contribution is -2.24. The van der Waals surface area contributed by atoms with Gasteiger partial charge in [-0.1, -0.05) is 30.3 Å². The lowest BCUT2D eigenvalue weighted by Gasteiger charge is -2.06. The van der Waals surface area contributed by atoms with Crippen LogP contribution in [0.15, 0.2) is 58.1 Å². The minimum Gasteiger partial charge on any atom is -0.346 e. The van der Waals surface area contributed by atoms with Crippen molar-refractivity contribution < 1.29 is 4.79 Å². The Bertz CT molecular complexity index is 937. The Kier molecular flexibility index (Phi) is 3.92. The van der Waals surface area contributed by atoms with Gasteiger partial charge in [-0.3, -0.25) is 19.5 Å². The first-order valence-electron chi connectivity index (χ1n) is 6.96. The number of amides is 1. The molecule has 3 aromatic rings.